The molecule has 1 aliphatic heterocycles. The van der Waals surface area contributed by atoms with Gasteiger partial charge in [0.05, 0.1) is 25.3 Å². The van der Waals surface area contributed by atoms with Crippen LogP contribution < -0.4 is 0 Å². The summed E-state index contributed by atoms with van der Waals surface area (Å²) in [6, 6.07) is 10.4. The van der Waals surface area contributed by atoms with Gasteiger partial charge in [-0.25, -0.2) is 0 Å². The largest absolute Gasteiger partial charge is 0.396 e. The maximum atomic E-state index is 9.45. The zero-order valence-electron chi connectivity index (χ0n) is 11.6. The third-order valence-electron chi connectivity index (χ3n) is 3.75. The van der Waals surface area contributed by atoms with E-state index in [-0.39, 0.29) is 12.0 Å². The summed E-state index contributed by atoms with van der Waals surface area (Å²) < 4.78 is 5.24. The van der Waals surface area contributed by atoms with Crippen molar-refractivity contribution in [1.29, 1.82) is 0 Å². The summed E-state index contributed by atoms with van der Waals surface area (Å²) in [5.74, 6) is 1.89. The summed E-state index contributed by atoms with van der Waals surface area (Å²) in [5, 5.41) is 10.7. The molecule has 0 amide bonds. The number of nitrogens with zero attached hydrogens (tertiary/aromatic N) is 1. The zero-order valence-corrected chi connectivity index (χ0v) is 12.4. The highest BCUT2D eigenvalue weighted by Gasteiger charge is 2.37. The van der Waals surface area contributed by atoms with Gasteiger partial charge in [-0.2, -0.15) is 11.8 Å². The van der Waals surface area contributed by atoms with Crippen LogP contribution >= 0.6 is 11.8 Å². The molecule has 3 nitrogen and oxygen atoms in total. The van der Waals surface area contributed by atoms with Gasteiger partial charge in [0.1, 0.15) is 0 Å². The summed E-state index contributed by atoms with van der Waals surface area (Å²) in [7, 11) is 0. The second kappa shape index (κ2) is 5.72. The molecule has 1 aliphatic rings. The smallest absolute Gasteiger partial charge is 0.0708 e. The second-order valence-corrected chi connectivity index (χ2v) is 6.57. The molecule has 106 valence electrons. The molecule has 2 aromatic rings. The van der Waals surface area contributed by atoms with Gasteiger partial charge in [0.15, 0.2) is 0 Å². The SMILES string of the molecule is Cc1cc(CSCC2(CO)COC2)c2ccccc2n1. The number of ether oxygens (including phenoxy) is 1. The third-order valence-corrected chi connectivity index (χ3v) is 5.08. The van der Waals surface area contributed by atoms with Gasteiger partial charge in [-0.3, -0.25) is 4.98 Å². The van der Waals surface area contributed by atoms with Crippen molar-refractivity contribution in [3.8, 4) is 0 Å². The molecule has 1 saturated heterocycles. The van der Waals surface area contributed by atoms with E-state index in [9.17, 15) is 5.11 Å². The van der Waals surface area contributed by atoms with E-state index in [1.807, 2.05) is 24.8 Å². The number of hydrogen-bond acceptors (Lipinski definition) is 4. The number of aliphatic hydroxyl groups excluding tert-OH is 1. The van der Waals surface area contributed by atoms with Crippen LogP contribution in [0.15, 0.2) is 30.3 Å². The monoisotopic (exact) mass is 289 g/mol. The van der Waals surface area contributed by atoms with Gasteiger partial charge < -0.3 is 9.84 Å². The van der Waals surface area contributed by atoms with Crippen LogP contribution in [0, 0.1) is 12.3 Å². The van der Waals surface area contributed by atoms with Crippen LogP contribution in [0.3, 0.4) is 0 Å². The van der Waals surface area contributed by atoms with Crippen molar-refractivity contribution in [2.45, 2.75) is 12.7 Å². The number of fused-ring (bicyclic) bond motifs is 1. The minimum Gasteiger partial charge on any atom is -0.396 e. The van der Waals surface area contributed by atoms with E-state index in [2.05, 4.69) is 29.2 Å². The van der Waals surface area contributed by atoms with E-state index in [1.54, 1.807) is 0 Å². The van der Waals surface area contributed by atoms with Crippen molar-refractivity contribution >= 4 is 22.7 Å². The highest BCUT2D eigenvalue weighted by atomic mass is 32.2. The van der Waals surface area contributed by atoms with Gasteiger partial charge in [0.25, 0.3) is 0 Å². The number of para-hydroxylation sites is 1. The second-order valence-electron chi connectivity index (χ2n) is 5.58. The molecule has 1 N–H and O–H groups in total. The van der Waals surface area contributed by atoms with E-state index in [0.29, 0.717) is 13.2 Å². The average molecular weight is 289 g/mol. The van der Waals surface area contributed by atoms with Gasteiger partial charge >= 0.3 is 0 Å². The average Bonchev–Trinajstić information content (AvgIpc) is 2.41. The lowest BCUT2D eigenvalue weighted by Gasteiger charge is -2.39. The molecule has 3 rings (SSSR count). The molecule has 4 heteroatoms. The van der Waals surface area contributed by atoms with Crippen molar-refractivity contribution in [1.82, 2.24) is 4.98 Å². The van der Waals surface area contributed by atoms with E-state index >= 15 is 0 Å². The van der Waals surface area contributed by atoms with Crippen LogP contribution in [0.5, 0.6) is 0 Å². The molecule has 0 atom stereocenters. The van der Waals surface area contributed by atoms with Crippen LogP contribution in [0.2, 0.25) is 0 Å². The lowest BCUT2D eigenvalue weighted by Crippen LogP contribution is -2.47. The van der Waals surface area contributed by atoms with Crippen LogP contribution in [0.4, 0.5) is 0 Å². The van der Waals surface area contributed by atoms with Crippen molar-refractivity contribution in [3.05, 3.63) is 41.6 Å². The Balaban J connectivity index is 1.74. The van der Waals surface area contributed by atoms with Gasteiger partial charge in [0, 0.05) is 28.0 Å². The standard InChI is InChI=1S/C16H19NO2S/c1-12-6-13(14-4-2-3-5-15(14)17-12)7-20-11-16(8-18)9-19-10-16/h2-6,18H,7-11H2,1H3. The van der Waals surface area contributed by atoms with Crippen molar-refractivity contribution in [2.75, 3.05) is 25.6 Å². The fourth-order valence-electron chi connectivity index (χ4n) is 2.50. The van der Waals surface area contributed by atoms with Crippen molar-refractivity contribution in [2.24, 2.45) is 5.41 Å². The maximum Gasteiger partial charge on any atom is 0.0708 e. The predicted octanol–water partition coefficient (Wildman–Crippen LogP) is 2.79. The molecular formula is C16H19NO2S. The molecule has 0 aliphatic carbocycles. The Labute approximate surface area is 123 Å². The van der Waals surface area contributed by atoms with Gasteiger partial charge in [-0.05, 0) is 24.6 Å². The summed E-state index contributed by atoms with van der Waals surface area (Å²) in [4.78, 5) is 4.57. The quantitative estimate of drug-likeness (QED) is 0.919. The minimum atomic E-state index is -0.0114. The Morgan fingerprint density at radius 3 is 2.85 bits per heavy atom. The molecule has 0 radical (unpaired) electrons. The molecule has 0 spiro atoms. The molecule has 0 saturated carbocycles. The third kappa shape index (κ3) is 2.68. The van der Waals surface area contributed by atoms with Gasteiger partial charge in [-0.1, -0.05) is 18.2 Å². The fraction of sp³-hybridized carbons (Fsp3) is 0.438. The van der Waals surface area contributed by atoms with E-state index < -0.39 is 0 Å². The Bertz CT molecular complexity index is 605. The topological polar surface area (TPSA) is 42.4 Å². The van der Waals surface area contributed by atoms with Gasteiger partial charge in [-0.15, -0.1) is 0 Å². The number of benzene rings is 1. The number of pyridine rings is 1. The molecule has 1 aromatic heterocycles. The lowest BCUT2D eigenvalue weighted by molar-refractivity contribution is -0.121. The molecule has 0 unspecified atom stereocenters. The summed E-state index contributed by atoms with van der Waals surface area (Å²) in [5.41, 5.74) is 3.43. The van der Waals surface area contributed by atoms with E-state index in [0.717, 1.165) is 22.7 Å². The highest BCUT2D eigenvalue weighted by Crippen LogP contribution is 2.33. The predicted molar refractivity (Wildman–Crippen MR) is 83.0 cm³/mol. The van der Waals surface area contributed by atoms with E-state index in [1.165, 1.54) is 10.9 Å². The van der Waals surface area contributed by atoms with Gasteiger partial charge in [0.2, 0.25) is 0 Å². The van der Waals surface area contributed by atoms with Crippen LogP contribution in [-0.4, -0.2) is 35.7 Å². The number of aromatic nitrogens is 1. The molecule has 1 fully saturated rings. The number of aryl methyl sites for hydroxylation is 1. The molecule has 20 heavy (non-hydrogen) atoms. The summed E-state index contributed by atoms with van der Waals surface area (Å²) in [6.45, 7) is 3.63. The van der Waals surface area contributed by atoms with Crippen LogP contribution in [0.1, 0.15) is 11.3 Å². The molecule has 1 aromatic carbocycles. The first kappa shape index (κ1) is 13.9. The highest BCUT2D eigenvalue weighted by molar-refractivity contribution is 7.98. The van der Waals surface area contributed by atoms with Crippen LogP contribution in [0.25, 0.3) is 10.9 Å². The molecule has 0 bridgehead atoms. The first-order valence-corrected chi connectivity index (χ1v) is 8.00. The van der Waals surface area contributed by atoms with Crippen molar-refractivity contribution < 1.29 is 9.84 Å². The Kier molecular flexibility index (Phi) is 3.96. The first-order chi connectivity index (χ1) is 9.72. The zero-order chi connectivity index (χ0) is 14.0. The Morgan fingerprint density at radius 2 is 2.15 bits per heavy atom. The van der Waals surface area contributed by atoms with Crippen LogP contribution in [-0.2, 0) is 10.5 Å². The fourth-order valence-corrected chi connectivity index (χ4v) is 3.75. The first-order valence-electron chi connectivity index (χ1n) is 6.84. The Hall–Kier alpha value is -1.10. The summed E-state index contributed by atoms with van der Waals surface area (Å²) >= 11 is 1.87. The number of aliphatic hydroxyl groups is 1. The van der Waals surface area contributed by atoms with Crippen molar-refractivity contribution in [3.63, 3.8) is 0 Å². The maximum absolute atomic E-state index is 9.45. The minimum absolute atomic E-state index is 0.0114. The Morgan fingerprint density at radius 1 is 1.35 bits per heavy atom. The number of hydrogen-bond donors (Lipinski definition) is 1. The molecular weight excluding hydrogens is 270 g/mol. The molecule has 2 heterocycles. The number of rotatable bonds is 5. The lowest BCUT2D eigenvalue weighted by atomic mass is 9.90. The van der Waals surface area contributed by atoms with E-state index in [4.69, 9.17) is 4.74 Å². The summed E-state index contributed by atoms with van der Waals surface area (Å²) in [6.07, 6.45) is 0. The normalized spacial score (nSPS) is 17.1. The number of thioether (sulfide) groups is 1.